The minimum atomic E-state index is -4.94. The van der Waals surface area contributed by atoms with Gasteiger partial charge in [0.15, 0.2) is 6.39 Å². The van der Waals surface area contributed by atoms with Crippen LogP contribution in [0.15, 0.2) is 52.5 Å². The highest BCUT2D eigenvalue weighted by Crippen LogP contribution is 2.36. The summed E-state index contributed by atoms with van der Waals surface area (Å²) in [6.45, 7) is -0.412. The number of aromatic nitrogens is 1. The van der Waals surface area contributed by atoms with Crippen LogP contribution in [-0.2, 0) is 30.2 Å². The van der Waals surface area contributed by atoms with E-state index in [2.05, 4.69) is 15.3 Å². The van der Waals surface area contributed by atoms with Crippen LogP contribution in [0.2, 0.25) is 0 Å². The molecule has 0 unspecified atom stereocenters. The number of amides is 1. The van der Waals surface area contributed by atoms with Gasteiger partial charge in [0.05, 0.1) is 30.4 Å². The van der Waals surface area contributed by atoms with Crippen LogP contribution < -0.4 is 11.2 Å². The molecule has 0 aliphatic heterocycles. The number of alkyl halides is 6. The lowest BCUT2D eigenvalue weighted by Crippen LogP contribution is -2.25. The zero-order valence-corrected chi connectivity index (χ0v) is 15.0. The van der Waals surface area contributed by atoms with E-state index in [1.165, 1.54) is 12.6 Å². The summed E-state index contributed by atoms with van der Waals surface area (Å²) in [4.78, 5) is 19.0. The van der Waals surface area contributed by atoms with Crippen molar-refractivity contribution in [1.82, 2.24) is 15.3 Å². The molecule has 30 heavy (non-hydrogen) atoms. The second-order valence-electron chi connectivity index (χ2n) is 5.82. The molecule has 0 bridgehead atoms. The monoisotopic (exact) mass is 435 g/mol. The number of oxazole rings is 1. The van der Waals surface area contributed by atoms with Crippen molar-refractivity contribution < 1.29 is 35.6 Å². The Morgan fingerprint density at radius 1 is 1.17 bits per heavy atom. The fourth-order valence-electron chi connectivity index (χ4n) is 2.11. The van der Waals surface area contributed by atoms with Gasteiger partial charge in [-0.3, -0.25) is 14.8 Å². The zero-order valence-electron chi connectivity index (χ0n) is 15.0. The quantitative estimate of drug-likeness (QED) is 0.174. The molecule has 2 aromatic rings. The van der Waals surface area contributed by atoms with Gasteiger partial charge in [-0.2, -0.15) is 26.3 Å². The summed E-state index contributed by atoms with van der Waals surface area (Å²) >= 11 is 0. The van der Waals surface area contributed by atoms with Gasteiger partial charge in [0.2, 0.25) is 5.91 Å². The number of nitrogens with zero attached hydrogens (tertiary/aromatic N) is 3. The van der Waals surface area contributed by atoms with Crippen LogP contribution in [-0.4, -0.2) is 22.2 Å². The molecule has 1 amide bonds. The lowest BCUT2D eigenvalue weighted by molar-refractivity contribution is -0.143. The van der Waals surface area contributed by atoms with Gasteiger partial charge >= 0.3 is 12.4 Å². The summed E-state index contributed by atoms with van der Waals surface area (Å²) in [6.07, 6.45) is -4.22. The fourth-order valence-corrected chi connectivity index (χ4v) is 2.11. The number of halogens is 6. The van der Waals surface area contributed by atoms with Gasteiger partial charge in [-0.25, -0.2) is 10.8 Å². The smallest absolute Gasteiger partial charge is 0.416 e. The van der Waals surface area contributed by atoms with Crippen LogP contribution in [0.25, 0.3) is 0 Å². The second kappa shape index (κ2) is 9.43. The molecule has 1 heterocycles. The molecule has 0 aliphatic rings. The number of carbonyl (C=O) groups excluding carboxylic acids is 1. The van der Waals surface area contributed by atoms with Gasteiger partial charge < -0.3 is 9.73 Å². The van der Waals surface area contributed by atoms with Crippen LogP contribution in [0.1, 0.15) is 22.5 Å². The average molecular weight is 435 g/mol. The number of hydrazine groups is 1. The number of carbonyl (C=O) groups is 1. The number of hydrogen-bond acceptors (Lipinski definition) is 5. The number of hydrogen-bond donors (Lipinski definition) is 2. The topological polar surface area (TPSA) is 96.8 Å². The predicted molar refractivity (Wildman–Crippen MR) is 92.2 cm³/mol. The van der Waals surface area contributed by atoms with Gasteiger partial charge in [-0.05, 0) is 23.8 Å². The lowest BCUT2D eigenvalue weighted by Gasteiger charge is -2.13. The third kappa shape index (κ3) is 7.24. The maximum absolute atomic E-state index is 12.8. The molecular weight excluding hydrogens is 420 g/mol. The van der Waals surface area contributed by atoms with Gasteiger partial charge in [0, 0.05) is 12.3 Å². The summed E-state index contributed by atoms with van der Waals surface area (Å²) < 4.78 is 81.9. The summed E-state index contributed by atoms with van der Waals surface area (Å²) in [6, 6.07) is 1.17. The van der Waals surface area contributed by atoms with Crippen LogP contribution in [0.3, 0.4) is 0 Å². The number of aliphatic imine (C=N–C) groups is 1. The fraction of sp³-hybridized carbons (Fsp3) is 0.235. The lowest BCUT2D eigenvalue weighted by atomic mass is 10.0. The van der Waals surface area contributed by atoms with E-state index >= 15 is 0 Å². The van der Waals surface area contributed by atoms with Crippen molar-refractivity contribution in [1.29, 1.82) is 0 Å². The van der Waals surface area contributed by atoms with Crippen molar-refractivity contribution in [2.45, 2.75) is 25.4 Å². The molecule has 1 aromatic carbocycles. The largest absolute Gasteiger partial charge is 0.447 e. The standard InChI is InChI=1S/C17H15F6N5O2/c18-16(19,20)12-3-11(4-13(5-12)17(21,22)23)6-25-9-28(24)2-1-15(29)27-8-14-7-26-10-30-14/h1-5,7,9-10H,6,8,24H2,(H,27,29). The molecule has 7 nitrogen and oxygen atoms in total. The van der Waals surface area contributed by atoms with Crippen LogP contribution in [0.5, 0.6) is 0 Å². The Morgan fingerprint density at radius 3 is 2.33 bits per heavy atom. The van der Waals surface area contributed by atoms with E-state index in [9.17, 15) is 31.1 Å². The molecule has 2 rings (SSSR count). The molecule has 162 valence electrons. The predicted octanol–water partition coefficient (Wildman–Crippen LogP) is 3.25. The molecule has 0 fully saturated rings. The maximum atomic E-state index is 12.8. The number of benzene rings is 1. The van der Waals surface area contributed by atoms with Gasteiger partial charge in [0.1, 0.15) is 12.1 Å². The molecule has 0 spiro atoms. The third-order valence-electron chi connectivity index (χ3n) is 3.45. The van der Waals surface area contributed by atoms with Gasteiger partial charge in [-0.1, -0.05) is 0 Å². The van der Waals surface area contributed by atoms with E-state index in [4.69, 9.17) is 10.3 Å². The van der Waals surface area contributed by atoms with Crippen molar-refractivity contribution in [2.24, 2.45) is 10.8 Å². The van der Waals surface area contributed by atoms with E-state index in [0.717, 1.165) is 23.6 Å². The molecule has 13 heteroatoms. The van der Waals surface area contributed by atoms with E-state index in [1.807, 2.05) is 0 Å². The summed E-state index contributed by atoms with van der Waals surface area (Å²) in [7, 11) is 0. The SMILES string of the molecule is NN(C=CC(=O)NCc1cnco1)C=NCc1cc(C(F)(F)F)cc(C(F)(F)F)c1. The van der Waals surface area contributed by atoms with Crippen molar-refractivity contribution in [3.63, 3.8) is 0 Å². The molecule has 0 radical (unpaired) electrons. The average Bonchev–Trinajstić information content (AvgIpc) is 3.16. The maximum Gasteiger partial charge on any atom is 0.416 e. The number of nitrogens with one attached hydrogen (secondary N) is 1. The van der Waals surface area contributed by atoms with Gasteiger partial charge in [0.25, 0.3) is 0 Å². The summed E-state index contributed by atoms with van der Waals surface area (Å²) in [5, 5.41) is 3.28. The first-order valence-corrected chi connectivity index (χ1v) is 8.10. The Kier molecular flexibility index (Phi) is 7.21. The molecule has 0 saturated heterocycles. The Morgan fingerprint density at radius 2 is 1.80 bits per heavy atom. The molecule has 0 saturated carbocycles. The Balaban J connectivity index is 1.97. The molecule has 0 atom stereocenters. The van der Waals surface area contributed by atoms with Crippen molar-refractivity contribution in [2.75, 3.05) is 0 Å². The normalized spacial score (nSPS) is 12.6. The van der Waals surface area contributed by atoms with Crippen molar-refractivity contribution in [3.05, 3.63) is 65.5 Å². The van der Waals surface area contributed by atoms with E-state index in [1.54, 1.807) is 0 Å². The van der Waals surface area contributed by atoms with Crippen LogP contribution in [0.4, 0.5) is 26.3 Å². The Labute approximate surface area is 165 Å². The van der Waals surface area contributed by atoms with E-state index in [-0.39, 0.29) is 18.2 Å². The van der Waals surface area contributed by atoms with E-state index in [0.29, 0.717) is 17.9 Å². The highest BCUT2D eigenvalue weighted by molar-refractivity contribution is 5.87. The van der Waals surface area contributed by atoms with Crippen LogP contribution >= 0.6 is 0 Å². The second-order valence-corrected chi connectivity index (χ2v) is 5.82. The molecular formula is C17H15F6N5O2. The van der Waals surface area contributed by atoms with Crippen molar-refractivity contribution in [3.8, 4) is 0 Å². The zero-order chi connectivity index (χ0) is 22.4. The molecule has 0 aliphatic carbocycles. The summed E-state index contributed by atoms with van der Waals surface area (Å²) in [5.74, 6) is 5.38. The summed E-state index contributed by atoms with van der Waals surface area (Å²) in [5.41, 5.74) is -3.18. The van der Waals surface area contributed by atoms with E-state index < -0.39 is 35.9 Å². The molecule has 3 N–H and O–H groups in total. The first-order valence-electron chi connectivity index (χ1n) is 8.10. The number of rotatable bonds is 7. The van der Waals surface area contributed by atoms with Crippen LogP contribution in [0, 0.1) is 0 Å². The highest BCUT2D eigenvalue weighted by Gasteiger charge is 2.36. The highest BCUT2D eigenvalue weighted by atomic mass is 19.4. The van der Waals surface area contributed by atoms with Gasteiger partial charge in [-0.15, -0.1) is 0 Å². The third-order valence-corrected chi connectivity index (χ3v) is 3.45. The van der Waals surface area contributed by atoms with Crippen molar-refractivity contribution >= 4 is 12.2 Å². The minimum absolute atomic E-state index is 0.0303. The first-order chi connectivity index (χ1) is 13.9. The molecule has 1 aromatic heterocycles. The Bertz CT molecular complexity index is 874. The Hall–Kier alpha value is -3.35. The first kappa shape index (κ1) is 22.9. The number of nitrogens with two attached hydrogens (primary N) is 1. The minimum Gasteiger partial charge on any atom is -0.447 e.